The molecular weight excluding hydrogens is 436 g/mol. The van der Waals surface area contributed by atoms with E-state index >= 15 is 0 Å². The van der Waals surface area contributed by atoms with Gasteiger partial charge in [0, 0.05) is 7.11 Å². The molecule has 0 unspecified atom stereocenters. The number of alkyl carbamates (subject to hydrolysis) is 1. The quantitative estimate of drug-likeness (QED) is 0.488. The van der Waals surface area contributed by atoms with E-state index in [1.54, 1.807) is 27.9 Å². The summed E-state index contributed by atoms with van der Waals surface area (Å²) in [5, 5.41) is 5.37. The van der Waals surface area contributed by atoms with E-state index in [4.69, 9.17) is 14.2 Å². The largest absolute Gasteiger partial charge is 0.461 e. The van der Waals surface area contributed by atoms with E-state index in [2.05, 4.69) is 10.6 Å². The van der Waals surface area contributed by atoms with Gasteiger partial charge in [0.1, 0.15) is 18.2 Å². The van der Waals surface area contributed by atoms with E-state index in [1.165, 1.54) is 0 Å². The Balaban J connectivity index is 2.06. The number of esters is 1. The van der Waals surface area contributed by atoms with Crippen LogP contribution in [0.1, 0.15) is 38.3 Å². The van der Waals surface area contributed by atoms with Gasteiger partial charge in [-0.1, -0.05) is 60.7 Å². The van der Waals surface area contributed by atoms with Crippen molar-refractivity contribution in [3.8, 4) is 0 Å². The minimum Gasteiger partial charge on any atom is -0.461 e. The van der Waals surface area contributed by atoms with Gasteiger partial charge in [-0.25, -0.2) is 4.79 Å². The first kappa shape index (κ1) is 26.9. The van der Waals surface area contributed by atoms with Crippen LogP contribution in [0.3, 0.4) is 0 Å². The highest BCUT2D eigenvalue weighted by Gasteiger charge is 2.29. The van der Waals surface area contributed by atoms with Gasteiger partial charge in [-0.3, -0.25) is 9.59 Å². The lowest BCUT2D eigenvalue weighted by Crippen LogP contribution is -2.52. The average molecular weight is 471 g/mol. The van der Waals surface area contributed by atoms with Crippen molar-refractivity contribution in [1.82, 2.24) is 10.6 Å². The van der Waals surface area contributed by atoms with Gasteiger partial charge in [0.25, 0.3) is 0 Å². The number of carbonyl (C=O) groups is 3. The van der Waals surface area contributed by atoms with Crippen molar-refractivity contribution in [2.45, 2.75) is 57.9 Å². The fraction of sp³-hybridized carbons (Fsp3) is 0.423. The summed E-state index contributed by atoms with van der Waals surface area (Å²) in [6, 6.07) is 17.3. The molecule has 2 rings (SSSR count). The van der Waals surface area contributed by atoms with Crippen molar-refractivity contribution >= 4 is 18.0 Å². The van der Waals surface area contributed by atoms with Gasteiger partial charge in [0.05, 0.1) is 19.1 Å². The molecule has 2 atom stereocenters. The maximum atomic E-state index is 13.1. The Morgan fingerprint density at radius 1 is 0.882 bits per heavy atom. The Morgan fingerprint density at radius 3 is 2.03 bits per heavy atom. The molecule has 0 radical (unpaired) electrons. The summed E-state index contributed by atoms with van der Waals surface area (Å²) in [5.41, 5.74) is 1.08. The molecule has 184 valence electrons. The lowest BCUT2D eigenvalue weighted by Gasteiger charge is -2.25. The van der Waals surface area contributed by atoms with Gasteiger partial charge in [0.15, 0.2) is 0 Å². The molecule has 0 aliphatic rings. The van der Waals surface area contributed by atoms with Crippen LogP contribution in [-0.4, -0.2) is 49.4 Å². The minimum atomic E-state index is -1.17. The first-order valence-corrected chi connectivity index (χ1v) is 11.2. The summed E-state index contributed by atoms with van der Waals surface area (Å²) < 4.78 is 15.8. The van der Waals surface area contributed by atoms with Gasteiger partial charge < -0.3 is 24.8 Å². The van der Waals surface area contributed by atoms with Crippen LogP contribution in [0.15, 0.2) is 60.7 Å². The molecule has 0 heterocycles. The summed E-state index contributed by atoms with van der Waals surface area (Å²) in [6.07, 6.45) is -0.615. The van der Waals surface area contributed by atoms with E-state index < -0.39 is 29.6 Å². The summed E-state index contributed by atoms with van der Waals surface area (Å²) in [5.74, 6) is -1.15. The number of benzene rings is 2. The first-order valence-electron chi connectivity index (χ1n) is 11.2. The summed E-state index contributed by atoms with van der Waals surface area (Å²) in [4.78, 5) is 37.9. The first-order chi connectivity index (χ1) is 16.2. The van der Waals surface area contributed by atoms with Crippen LogP contribution in [0.2, 0.25) is 0 Å². The van der Waals surface area contributed by atoms with E-state index in [9.17, 15) is 14.4 Å². The van der Waals surface area contributed by atoms with Crippen LogP contribution in [-0.2, 0) is 36.8 Å². The standard InChI is InChI=1S/C26H34N2O6/c1-26(2,3)34-25(31)28-22(16-23(29)33-17-20-13-9-6-10-14-20)24(30)27-21(18-32-4)15-19-11-7-5-8-12-19/h5-14,21-22H,15-18H2,1-4H3,(H,27,30)(H,28,31)/t21-,22+/m0/s1. The Morgan fingerprint density at radius 2 is 1.47 bits per heavy atom. The molecule has 2 N–H and O–H groups in total. The van der Waals surface area contributed by atoms with Crippen molar-refractivity contribution < 1.29 is 28.6 Å². The maximum Gasteiger partial charge on any atom is 0.408 e. The highest BCUT2D eigenvalue weighted by atomic mass is 16.6. The average Bonchev–Trinajstić information content (AvgIpc) is 2.77. The fourth-order valence-corrected chi connectivity index (χ4v) is 3.18. The van der Waals surface area contributed by atoms with Crippen molar-refractivity contribution in [3.05, 3.63) is 71.8 Å². The normalized spacial score (nSPS) is 12.8. The molecule has 0 aliphatic carbocycles. The van der Waals surface area contributed by atoms with Gasteiger partial charge in [0.2, 0.25) is 5.91 Å². The van der Waals surface area contributed by atoms with Crippen LogP contribution < -0.4 is 10.6 Å². The van der Waals surface area contributed by atoms with Crippen LogP contribution in [0.25, 0.3) is 0 Å². The lowest BCUT2D eigenvalue weighted by molar-refractivity contribution is -0.147. The van der Waals surface area contributed by atoms with Crippen LogP contribution in [0.4, 0.5) is 4.79 Å². The molecule has 34 heavy (non-hydrogen) atoms. The SMILES string of the molecule is COC[C@H](Cc1ccccc1)NC(=O)[C@@H](CC(=O)OCc1ccccc1)NC(=O)OC(C)(C)C. The second-order valence-corrected chi connectivity index (χ2v) is 8.90. The molecule has 0 aromatic heterocycles. The molecule has 0 fully saturated rings. The molecule has 2 amide bonds. The number of rotatable bonds is 11. The predicted octanol–water partition coefficient (Wildman–Crippen LogP) is 3.39. The maximum absolute atomic E-state index is 13.1. The molecule has 0 aliphatic heterocycles. The molecule has 0 bridgehead atoms. The summed E-state index contributed by atoms with van der Waals surface area (Å²) >= 11 is 0. The third kappa shape index (κ3) is 10.5. The van der Waals surface area contributed by atoms with Crippen molar-refractivity contribution in [2.75, 3.05) is 13.7 Å². The zero-order chi connectivity index (χ0) is 25.0. The molecule has 2 aromatic rings. The van der Waals surface area contributed by atoms with Crippen molar-refractivity contribution in [3.63, 3.8) is 0 Å². The Kier molecular flexibility index (Phi) is 10.5. The van der Waals surface area contributed by atoms with E-state index in [-0.39, 0.29) is 25.7 Å². The number of nitrogens with one attached hydrogen (secondary N) is 2. The van der Waals surface area contributed by atoms with Crippen molar-refractivity contribution in [1.29, 1.82) is 0 Å². The Hall–Kier alpha value is -3.39. The van der Waals surface area contributed by atoms with E-state index in [0.29, 0.717) is 6.42 Å². The Bertz CT molecular complexity index is 912. The summed E-state index contributed by atoms with van der Waals surface area (Å²) in [6.45, 7) is 5.47. The third-order valence-electron chi connectivity index (χ3n) is 4.66. The monoisotopic (exact) mass is 470 g/mol. The summed E-state index contributed by atoms with van der Waals surface area (Å²) in [7, 11) is 1.54. The Labute approximate surface area is 201 Å². The zero-order valence-electron chi connectivity index (χ0n) is 20.2. The molecule has 8 nitrogen and oxygen atoms in total. The number of amides is 2. The van der Waals surface area contributed by atoms with Crippen molar-refractivity contribution in [2.24, 2.45) is 0 Å². The smallest absolute Gasteiger partial charge is 0.408 e. The molecule has 2 aromatic carbocycles. The fourth-order valence-electron chi connectivity index (χ4n) is 3.18. The third-order valence-corrected chi connectivity index (χ3v) is 4.66. The molecule has 0 saturated heterocycles. The number of methoxy groups -OCH3 is 1. The van der Waals surface area contributed by atoms with Gasteiger partial charge >= 0.3 is 12.1 Å². The van der Waals surface area contributed by atoms with Crippen LogP contribution >= 0.6 is 0 Å². The number of carbonyl (C=O) groups excluding carboxylic acids is 3. The number of hydrogen-bond acceptors (Lipinski definition) is 6. The topological polar surface area (TPSA) is 103 Å². The predicted molar refractivity (Wildman–Crippen MR) is 128 cm³/mol. The van der Waals surface area contributed by atoms with E-state index in [1.807, 2.05) is 60.7 Å². The number of ether oxygens (including phenoxy) is 3. The highest BCUT2D eigenvalue weighted by molar-refractivity contribution is 5.89. The number of hydrogen-bond donors (Lipinski definition) is 2. The zero-order valence-corrected chi connectivity index (χ0v) is 20.2. The second kappa shape index (κ2) is 13.3. The second-order valence-electron chi connectivity index (χ2n) is 8.90. The highest BCUT2D eigenvalue weighted by Crippen LogP contribution is 2.09. The molecule has 0 spiro atoms. The van der Waals surface area contributed by atoms with Gasteiger partial charge in [-0.05, 0) is 38.3 Å². The lowest BCUT2D eigenvalue weighted by atomic mass is 10.1. The van der Waals surface area contributed by atoms with Crippen LogP contribution in [0, 0.1) is 0 Å². The van der Waals surface area contributed by atoms with Gasteiger partial charge in [-0.2, -0.15) is 0 Å². The molecule has 8 heteroatoms. The minimum absolute atomic E-state index is 0.0702. The van der Waals surface area contributed by atoms with E-state index in [0.717, 1.165) is 11.1 Å². The molecule has 0 saturated carbocycles. The van der Waals surface area contributed by atoms with Crippen LogP contribution in [0.5, 0.6) is 0 Å². The van der Waals surface area contributed by atoms with Gasteiger partial charge in [-0.15, -0.1) is 0 Å². The molecular formula is C26H34N2O6.